The highest BCUT2D eigenvalue weighted by Gasteiger charge is 2.22. The van der Waals surface area contributed by atoms with Gasteiger partial charge in [-0.25, -0.2) is 12.8 Å². The minimum atomic E-state index is -3.95. The molecule has 7 heteroatoms. The number of rotatable bonds is 4. The third kappa shape index (κ3) is 3.01. The van der Waals surface area contributed by atoms with Crippen molar-refractivity contribution in [3.63, 3.8) is 0 Å². The number of carbonyl (C=O) groups excluding carboxylic acids is 1. The topological polar surface area (TPSA) is 89.3 Å². The molecule has 1 rings (SSSR count). The predicted molar refractivity (Wildman–Crippen MR) is 60.1 cm³/mol. The number of amides is 1. The first-order valence-electron chi connectivity index (χ1n) is 4.82. The van der Waals surface area contributed by atoms with E-state index in [4.69, 9.17) is 5.73 Å². The van der Waals surface area contributed by atoms with E-state index in [-0.39, 0.29) is 10.5 Å². The summed E-state index contributed by atoms with van der Waals surface area (Å²) in [6.45, 7) is 2.66. The molecule has 17 heavy (non-hydrogen) atoms. The zero-order valence-electron chi connectivity index (χ0n) is 9.40. The fraction of sp³-hybridized carbons (Fsp3) is 0.300. The van der Waals surface area contributed by atoms with E-state index in [2.05, 4.69) is 4.72 Å². The van der Waals surface area contributed by atoms with Gasteiger partial charge >= 0.3 is 0 Å². The van der Waals surface area contributed by atoms with Crippen molar-refractivity contribution >= 4 is 15.9 Å². The van der Waals surface area contributed by atoms with Crippen molar-refractivity contribution in [2.75, 3.05) is 0 Å². The summed E-state index contributed by atoms with van der Waals surface area (Å²) in [5, 5.41) is 0. The molecule has 1 amide bonds. The van der Waals surface area contributed by atoms with E-state index in [9.17, 15) is 17.6 Å². The summed E-state index contributed by atoms with van der Waals surface area (Å²) < 4.78 is 39.0. The van der Waals surface area contributed by atoms with Gasteiger partial charge in [0, 0.05) is 5.56 Å². The third-order valence-electron chi connectivity index (χ3n) is 2.27. The van der Waals surface area contributed by atoms with Gasteiger partial charge in [-0.15, -0.1) is 0 Å². The molecule has 0 aliphatic carbocycles. The zero-order valence-corrected chi connectivity index (χ0v) is 10.2. The third-order valence-corrected chi connectivity index (χ3v) is 3.95. The number of primary amides is 1. The predicted octanol–water partition coefficient (Wildman–Crippen LogP) is 0.286. The number of sulfonamides is 1. The number of halogens is 1. The normalized spacial score (nSPS) is 13.4. The molecule has 0 unspecified atom stereocenters. The maximum atomic E-state index is 13.2. The summed E-state index contributed by atoms with van der Waals surface area (Å²) in [4.78, 5) is 10.6. The van der Waals surface area contributed by atoms with Crippen LogP contribution in [-0.2, 0) is 14.8 Å². The van der Waals surface area contributed by atoms with Crippen LogP contribution in [0.5, 0.6) is 0 Å². The molecule has 0 heterocycles. The molecule has 0 saturated heterocycles. The van der Waals surface area contributed by atoms with Gasteiger partial charge in [0.2, 0.25) is 15.9 Å². The molecule has 0 fully saturated rings. The van der Waals surface area contributed by atoms with Crippen LogP contribution in [0.4, 0.5) is 4.39 Å². The number of benzene rings is 1. The molecule has 94 valence electrons. The van der Waals surface area contributed by atoms with Crippen LogP contribution in [0.15, 0.2) is 23.1 Å². The average Bonchev–Trinajstić information content (AvgIpc) is 2.21. The quantitative estimate of drug-likeness (QED) is 0.815. The Morgan fingerprint density at radius 1 is 1.47 bits per heavy atom. The Kier molecular flexibility index (Phi) is 3.84. The molecular weight excluding hydrogens is 247 g/mol. The average molecular weight is 260 g/mol. The summed E-state index contributed by atoms with van der Waals surface area (Å²) in [6.07, 6.45) is 0. The van der Waals surface area contributed by atoms with Crippen molar-refractivity contribution in [1.82, 2.24) is 4.72 Å². The second-order valence-corrected chi connectivity index (χ2v) is 5.29. The van der Waals surface area contributed by atoms with Gasteiger partial charge in [-0.2, -0.15) is 4.72 Å². The molecule has 0 aromatic heterocycles. The number of nitrogens with one attached hydrogen (secondary N) is 1. The highest BCUT2D eigenvalue weighted by Crippen LogP contribution is 2.17. The molecule has 0 radical (unpaired) electrons. The fourth-order valence-corrected chi connectivity index (χ4v) is 2.70. The van der Waals surface area contributed by atoms with E-state index < -0.39 is 27.8 Å². The lowest BCUT2D eigenvalue weighted by atomic mass is 10.2. The summed E-state index contributed by atoms with van der Waals surface area (Å²) in [5.74, 6) is -1.43. The largest absolute Gasteiger partial charge is 0.368 e. The van der Waals surface area contributed by atoms with E-state index in [1.165, 1.54) is 26.0 Å². The second kappa shape index (κ2) is 4.80. The van der Waals surface area contributed by atoms with Crippen molar-refractivity contribution in [3.05, 3.63) is 29.6 Å². The Hall–Kier alpha value is -1.47. The van der Waals surface area contributed by atoms with E-state index in [0.29, 0.717) is 0 Å². The van der Waals surface area contributed by atoms with Gasteiger partial charge < -0.3 is 5.73 Å². The molecule has 1 atom stereocenters. The lowest BCUT2D eigenvalue weighted by molar-refractivity contribution is -0.119. The molecule has 1 aromatic carbocycles. The van der Waals surface area contributed by atoms with Crippen LogP contribution >= 0.6 is 0 Å². The van der Waals surface area contributed by atoms with E-state index in [0.717, 1.165) is 6.07 Å². The van der Waals surface area contributed by atoms with E-state index in [1.807, 2.05) is 0 Å². The molecule has 0 spiro atoms. The van der Waals surface area contributed by atoms with Gasteiger partial charge in [0.25, 0.3) is 0 Å². The van der Waals surface area contributed by atoms with Crippen molar-refractivity contribution in [3.8, 4) is 0 Å². The lowest BCUT2D eigenvalue weighted by Gasteiger charge is -2.12. The van der Waals surface area contributed by atoms with Crippen molar-refractivity contribution in [1.29, 1.82) is 0 Å². The van der Waals surface area contributed by atoms with Crippen LogP contribution in [0.25, 0.3) is 0 Å². The molecule has 0 aliphatic heterocycles. The maximum Gasteiger partial charge on any atom is 0.241 e. The van der Waals surface area contributed by atoms with Gasteiger partial charge in [0.05, 0.1) is 10.9 Å². The summed E-state index contributed by atoms with van der Waals surface area (Å²) in [7, 11) is -3.95. The van der Waals surface area contributed by atoms with Crippen LogP contribution in [0.1, 0.15) is 12.5 Å². The van der Waals surface area contributed by atoms with Gasteiger partial charge in [-0.3, -0.25) is 4.79 Å². The van der Waals surface area contributed by atoms with Crippen molar-refractivity contribution < 1.29 is 17.6 Å². The second-order valence-electron chi connectivity index (χ2n) is 3.61. The first-order chi connectivity index (χ1) is 7.75. The van der Waals surface area contributed by atoms with Gasteiger partial charge in [-0.05, 0) is 26.0 Å². The zero-order chi connectivity index (χ0) is 13.2. The van der Waals surface area contributed by atoms with Crippen LogP contribution < -0.4 is 10.5 Å². The summed E-state index contributed by atoms with van der Waals surface area (Å²) in [6, 6.07) is 2.65. The van der Waals surface area contributed by atoms with Gasteiger partial charge in [-0.1, -0.05) is 6.07 Å². The molecule has 0 bridgehead atoms. The van der Waals surface area contributed by atoms with Gasteiger partial charge in [0.15, 0.2) is 0 Å². The van der Waals surface area contributed by atoms with Crippen LogP contribution in [0.2, 0.25) is 0 Å². The van der Waals surface area contributed by atoms with Crippen molar-refractivity contribution in [2.45, 2.75) is 24.8 Å². The molecule has 1 aromatic rings. The van der Waals surface area contributed by atoms with E-state index in [1.54, 1.807) is 0 Å². The Morgan fingerprint density at radius 2 is 2.06 bits per heavy atom. The van der Waals surface area contributed by atoms with Crippen LogP contribution in [-0.4, -0.2) is 20.4 Å². The Balaban J connectivity index is 3.14. The first kappa shape index (κ1) is 13.6. The van der Waals surface area contributed by atoms with E-state index >= 15 is 0 Å². The fourth-order valence-electron chi connectivity index (χ4n) is 1.23. The Morgan fingerprint density at radius 3 is 2.59 bits per heavy atom. The van der Waals surface area contributed by atoms with Crippen molar-refractivity contribution in [2.24, 2.45) is 5.73 Å². The first-order valence-corrected chi connectivity index (χ1v) is 6.31. The molecule has 0 saturated carbocycles. The maximum absolute atomic E-state index is 13.2. The minimum absolute atomic E-state index is 0.00308. The minimum Gasteiger partial charge on any atom is -0.368 e. The lowest BCUT2D eigenvalue weighted by Crippen LogP contribution is -2.42. The SMILES string of the molecule is Cc1c(F)cccc1S(=O)(=O)N[C@@H](C)C(N)=O. The number of hydrogen-bond acceptors (Lipinski definition) is 3. The van der Waals surface area contributed by atoms with Gasteiger partial charge in [0.1, 0.15) is 5.82 Å². The standard InChI is InChI=1S/C10H13FN2O3S/c1-6-8(11)4-3-5-9(6)17(15,16)13-7(2)10(12)14/h3-5,7,13H,1-2H3,(H2,12,14)/t7-/m0/s1. The molecule has 3 N–H and O–H groups in total. The Labute approximate surface area is 98.9 Å². The number of carbonyl (C=O) groups is 1. The number of nitrogens with two attached hydrogens (primary N) is 1. The monoisotopic (exact) mass is 260 g/mol. The molecule has 5 nitrogen and oxygen atoms in total. The highest BCUT2D eigenvalue weighted by molar-refractivity contribution is 7.89. The highest BCUT2D eigenvalue weighted by atomic mass is 32.2. The molecular formula is C10H13FN2O3S. The smallest absolute Gasteiger partial charge is 0.241 e. The van der Waals surface area contributed by atoms with Crippen LogP contribution in [0, 0.1) is 12.7 Å². The van der Waals surface area contributed by atoms with Crippen LogP contribution in [0.3, 0.4) is 0 Å². The summed E-state index contributed by atoms with van der Waals surface area (Å²) in [5.41, 5.74) is 4.95. The summed E-state index contributed by atoms with van der Waals surface area (Å²) >= 11 is 0. The molecule has 0 aliphatic rings. The number of hydrogen-bond donors (Lipinski definition) is 2. The Bertz CT molecular complexity index is 542.